The van der Waals surface area contributed by atoms with Crippen molar-refractivity contribution in [1.82, 2.24) is 10.2 Å². The molecule has 2 aromatic carbocycles. The van der Waals surface area contributed by atoms with E-state index in [2.05, 4.69) is 21.6 Å². The summed E-state index contributed by atoms with van der Waals surface area (Å²) in [7, 11) is 0. The lowest BCUT2D eigenvalue weighted by molar-refractivity contribution is -0.116. The zero-order valence-corrected chi connectivity index (χ0v) is 17.7. The van der Waals surface area contributed by atoms with Gasteiger partial charge in [0, 0.05) is 22.8 Å². The van der Waals surface area contributed by atoms with Crippen LogP contribution < -0.4 is 10.2 Å². The van der Waals surface area contributed by atoms with Crippen molar-refractivity contribution in [3.05, 3.63) is 64.7 Å². The molecule has 0 aliphatic carbocycles. The maximum atomic E-state index is 12.7. The number of carbonyl (C=O) groups is 2. The summed E-state index contributed by atoms with van der Waals surface area (Å²) in [5, 5.41) is 11.7. The van der Waals surface area contributed by atoms with Crippen molar-refractivity contribution in [2.45, 2.75) is 17.2 Å². The number of aromatic nitrogens is 2. The first-order valence-corrected chi connectivity index (χ1v) is 11.2. The van der Waals surface area contributed by atoms with Crippen LogP contribution in [-0.4, -0.2) is 34.3 Å². The molecule has 3 aromatic rings. The SMILES string of the molecule is O=C(Nc1nnc(SCC(=O)N2CCCc3ccccc32)s1)c1ccc(Cl)cc1. The van der Waals surface area contributed by atoms with E-state index in [-0.39, 0.29) is 17.6 Å². The zero-order valence-electron chi connectivity index (χ0n) is 15.3. The molecule has 0 atom stereocenters. The molecule has 0 radical (unpaired) electrons. The van der Waals surface area contributed by atoms with E-state index in [1.165, 1.54) is 28.7 Å². The average Bonchev–Trinajstić information content (AvgIpc) is 3.19. The van der Waals surface area contributed by atoms with Gasteiger partial charge in [0.25, 0.3) is 5.91 Å². The molecule has 29 heavy (non-hydrogen) atoms. The normalized spacial score (nSPS) is 13.1. The van der Waals surface area contributed by atoms with E-state index < -0.39 is 0 Å². The Morgan fingerprint density at radius 3 is 2.76 bits per heavy atom. The van der Waals surface area contributed by atoms with Gasteiger partial charge in [-0.2, -0.15) is 0 Å². The van der Waals surface area contributed by atoms with Crippen molar-refractivity contribution in [2.24, 2.45) is 0 Å². The number of carbonyl (C=O) groups excluding carboxylic acids is 2. The highest BCUT2D eigenvalue weighted by Crippen LogP contribution is 2.30. The Labute approximate surface area is 181 Å². The van der Waals surface area contributed by atoms with E-state index in [4.69, 9.17) is 11.6 Å². The Hall–Kier alpha value is -2.42. The molecule has 4 rings (SSSR count). The van der Waals surface area contributed by atoms with Crippen LogP contribution in [0.15, 0.2) is 52.9 Å². The van der Waals surface area contributed by atoms with Crippen LogP contribution in [0.2, 0.25) is 5.02 Å². The number of halogens is 1. The fourth-order valence-corrected chi connectivity index (χ4v) is 4.83. The zero-order chi connectivity index (χ0) is 20.2. The van der Waals surface area contributed by atoms with Gasteiger partial charge < -0.3 is 4.90 Å². The summed E-state index contributed by atoms with van der Waals surface area (Å²) < 4.78 is 0.634. The van der Waals surface area contributed by atoms with Gasteiger partial charge in [-0.15, -0.1) is 10.2 Å². The van der Waals surface area contributed by atoms with Gasteiger partial charge in [-0.25, -0.2) is 0 Å². The summed E-state index contributed by atoms with van der Waals surface area (Å²) in [6.07, 6.45) is 1.97. The van der Waals surface area contributed by atoms with E-state index >= 15 is 0 Å². The maximum Gasteiger partial charge on any atom is 0.257 e. The lowest BCUT2D eigenvalue weighted by Crippen LogP contribution is -2.36. The lowest BCUT2D eigenvalue weighted by atomic mass is 10.0. The molecule has 0 spiro atoms. The molecule has 6 nitrogen and oxygen atoms in total. The number of rotatable bonds is 5. The van der Waals surface area contributed by atoms with Crippen LogP contribution in [0.1, 0.15) is 22.3 Å². The minimum Gasteiger partial charge on any atom is -0.311 e. The summed E-state index contributed by atoms with van der Waals surface area (Å²) in [5.74, 6) is 0.0353. The minimum absolute atomic E-state index is 0.0455. The molecule has 2 heterocycles. The van der Waals surface area contributed by atoms with Gasteiger partial charge in [-0.3, -0.25) is 14.9 Å². The number of nitrogens with one attached hydrogen (secondary N) is 1. The fourth-order valence-electron chi connectivity index (χ4n) is 3.08. The van der Waals surface area contributed by atoms with Crippen LogP contribution in [0, 0.1) is 0 Å². The molecule has 0 unspecified atom stereocenters. The molecule has 9 heteroatoms. The highest BCUT2D eigenvalue weighted by molar-refractivity contribution is 8.01. The van der Waals surface area contributed by atoms with Crippen LogP contribution in [0.25, 0.3) is 0 Å². The van der Waals surface area contributed by atoms with Crippen molar-refractivity contribution >= 4 is 57.3 Å². The highest BCUT2D eigenvalue weighted by atomic mass is 35.5. The topological polar surface area (TPSA) is 75.2 Å². The van der Waals surface area contributed by atoms with E-state index in [1.54, 1.807) is 24.3 Å². The summed E-state index contributed by atoms with van der Waals surface area (Å²) in [6, 6.07) is 14.6. The second kappa shape index (κ2) is 8.94. The van der Waals surface area contributed by atoms with Gasteiger partial charge in [0.2, 0.25) is 11.0 Å². The number of benzene rings is 2. The van der Waals surface area contributed by atoms with Crippen molar-refractivity contribution in [1.29, 1.82) is 0 Å². The monoisotopic (exact) mass is 444 g/mol. The van der Waals surface area contributed by atoms with Crippen LogP contribution in [0.5, 0.6) is 0 Å². The van der Waals surface area contributed by atoms with Crippen LogP contribution in [0.3, 0.4) is 0 Å². The molecule has 1 aromatic heterocycles. The Kier molecular flexibility index (Phi) is 6.13. The number of thioether (sulfide) groups is 1. The van der Waals surface area contributed by atoms with E-state index in [0.717, 1.165) is 25.1 Å². The van der Waals surface area contributed by atoms with E-state index in [1.807, 2.05) is 23.1 Å². The largest absolute Gasteiger partial charge is 0.311 e. The Morgan fingerprint density at radius 1 is 1.14 bits per heavy atom. The maximum absolute atomic E-state index is 12.7. The Morgan fingerprint density at radius 2 is 1.93 bits per heavy atom. The third kappa shape index (κ3) is 4.77. The van der Waals surface area contributed by atoms with Crippen molar-refractivity contribution in [3.8, 4) is 0 Å². The molecule has 2 amide bonds. The molecule has 0 saturated heterocycles. The quantitative estimate of drug-likeness (QED) is 0.462. The van der Waals surface area contributed by atoms with Crippen LogP contribution in [0.4, 0.5) is 10.8 Å². The smallest absolute Gasteiger partial charge is 0.257 e. The number of para-hydroxylation sites is 1. The molecule has 1 aliphatic rings. The van der Waals surface area contributed by atoms with Crippen molar-refractivity contribution in [3.63, 3.8) is 0 Å². The molecule has 1 N–H and O–H groups in total. The highest BCUT2D eigenvalue weighted by Gasteiger charge is 2.22. The number of nitrogens with zero attached hydrogens (tertiary/aromatic N) is 3. The summed E-state index contributed by atoms with van der Waals surface area (Å²) in [6.45, 7) is 0.731. The fraction of sp³-hybridized carbons (Fsp3) is 0.200. The minimum atomic E-state index is -0.282. The van der Waals surface area contributed by atoms with Gasteiger partial charge >= 0.3 is 0 Å². The molecule has 0 fully saturated rings. The third-order valence-corrected chi connectivity index (χ3v) is 6.67. The van der Waals surface area contributed by atoms with Gasteiger partial charge in [0.1, 0.15) is 0 Å². The lowest BCUT2D eigenvalue weighted by Gasteiger charge is -2.29. The number of anilines is 2. The first-order chi connectivity index (χ1) is 14.1. The molecule has 0 saturated carbocycles. The second-order valence-corrected chi connectivity index (χ2v) is 9.04. The number of amides is 2. The first-order valence-electron chi connectivity index (χ1n) is 9.01. The standard InChI is InChI=1S/C20H17ClN4O2S2/c21-15-9-7-14(8-10-15)18(27)22-19-23-24-20(29-19)28-12-17(26)25-11-3-5-13-4-1-2-6-16(13)25/h1-2,4,6-10H,3,5,11-12H2,(H,22,23,27). The number of hydrogen-bond acceptors (Lipinski definition) is 6. The second-order valence-electron chi connectivity index (χ2n) is 6.40. The van der Waals surface area contributed by atoms with Gasteiger partial charge in [0.15, 0.2) is 4.34 Å². The van der Waals surface area contributed by atoms with E-state index in [9.17, 15) is 9.59 Å². The number of fused-ring (bicyclic) bond motifs is 1. The predicted octanol–water partition coefficient (Wildman–Crippen LogP) is 4.52. The summed E-state index contributed by atoms with van der Waals surface area (Å²) in [4.78, 5) is 26.8. The van der Waals surface area contributed by atoms with E-state index in [0.29, 0.717) is 20.1 Å². The van der Waals surface area contributed by atoms with Gasteiger partial charge in [-0.05, 0) is 48.7 Å². The number of aryl methyl sites for hydroxylation is 1. The third-order valence-electron chi connectivity index (χ3n) is 4.46. The first kappa shape index (κ1) is 19.9. The molecular weight excluding hydrogens is 428 g/mol. The molecular formula is C20H17ClN4O2S2. The molecule has 148 valence electrons. The van der Waals surface area contributed by atoms with Crippen LogP contribution in [-0.2, 0) is 11.2 Å². The summed E-state index contributed by atoms with van der Waals surface area (Å²) in [5.41, 5.74) is 2.69. The van der Waals surface area contributed by atoms with Crippen molar-refractivity contribution < 1.29 is 9.59 Å². The average molecular weight is 445 g/mol. The molecule has 0 bridgehead atoms. The molecule has 1 aliphatic heterocycles. The Bertz CT molecular complexity index is 1040. The number of hydrogen-bond donors (Lipinski definition) is 1. The van der Waals surface area contributed by atoms with Gasteiger partial charge in [0.05, 0.1) is 5.75 Å². The van der Waals surface area contributed by atoms with Gasteiger partial charge in [-0.1, -0.05) is 52.9 Å². The predicted molar refractivity (Wildman–Crippen MR) is 117 cm³/mol. The van der Waals surface area contributed by atoms with Crippen LogP contribution >= 0.6 is 34.7 Å². The Balaban J connectivity index is 1.34. The van der Waals surface area contributed by atoms with Crippen molar-refractivity contribution in [2.75, 3.05) is 22.5 Å². The summed E-state index contributed by atoms with van der Waals surface area (Å²) >= 11 is 8.41.